The minimum absolute atomic E-state index is 0. The second-order valence-electron chi connectivity index (χ2n) is 6.21. The molecule has 25 heavy (non-hydrogen) atoms. The molecule has 1 fully saturated rings. The third kappa shape index (κ3) is 3.96. The first-order valence-electron chi connectivity index (χ1n) is 8.03. The second-order valence-corrected chi connectivity index (χ2v) is 7.78. The van der Waals surface area contributed by atoms with Crippen LogP contribution in [0.2, 0.25) is 0 Å². The van der Waals surface area contributed by atoms with Gasteiger partial charge in [0.2, 0.25) is 5.91 Å². The fourth-order valence-corrected chi connectivity index (χ4v) is 4.43. The van der Waals surface area contributed by atoms with Gasteiger partial charge in [0.05, 0.1) is 6.54 Å². The van der Waals surface area contributed by atoms with Gasteiger partial charge in [-0.2, -0.15) is 8.42 Å². The van der Waals surface area contributed by atoms with Crippen molar-refractivity contribution in [2.75, 3.05) is 33.7 Å². The second kappa shape index (κ2) is 7.72. The van der Waals surface area contributed by atoms with Crippen molar-refractivity contribution in [3.05, 3.63) is 29.8 Å². The maximum Gasteiger partial charge on any atom is 0.285 e. The zero-order chi connectivity index (χ0) is 17.3. The molecule has 9 heteroatoms. The Labute approximate surface area is 154 Å². The van der Waals surface area contributed by atoms with Crippen LogP contribution in [0.3, 0.4) is 0 Å². The van der Waals surface area contributed by atoms with E-state index in [1.165, 1.54) is 0 Å². The van der Waals surface area contributed by atoms with Gasteiger partial charge in [0.25, 0.3) is 10.0 Å². The van der Waals surface area contributed by atoms with Crippen LogP contribution in [0.5, 0.6) is 0 Å². The van der Waals surface area contributed by atoms with Crippen molar-refractivity contribution >= 4 is 34.2 Å². The largest absolute Gasteiger partial charge is 0.349 e. The van der Waals surface area contributed by atoms with Crippen LogP contribution in [0.1, 0.15) is 18.4 Å². The minimum atomic E-state index is -3.66. The lowest BCUT2D eigenvalue weighted by Gasteiger charge is -2.33. The van der Waals surface area contributed by atoms with Gasteiger partial charge in [-0.3, -0.25) is 4.79 Å². The Morgan fingerprint density at radius 1 is 1.40 bits per heavy atom. The molecule has 1 aromatic rings. The Hall–Kier alpha value is -1.64. The summed E-state index contributed by atoms with van der Waals surface area (Å²) in [4.78, 5) is 16.2. The number of piperidine rings is 1. The number of carbonyl (C=O) groups excluding carboxylic acids is 1. The molecule has 2 aliphatic rings. The van der Waals surface area contributed by atoms with Crippen molar-refractivity contribution in [3.63, 3.8) is 0 Å². The van der Waals surface area contributed by atoms with Gasteiger partial charge < -0.3 is 15.1 Å². The highest BCUT2D eigenvalue weighted by Crippen LogP contribution is 2.26. The van der Waals surface area contributed by atoms with Gasteiger partial charge in [0.15, 0.2) is 5.84 Å². The van der Waals surface area contributed by atoms with Crippen LogP contribution in [-0.2, 0) is 14.8 Å². The van der Waals surface area contributed by atoms with E-state index in [0.29, 0.717) is 24.0 Å². The van der Waals surface area contributed by atoms with Gasteiger partial charge >= 0.3 is 0 Å². The first-order valence-corrected chi connectivity index (χ1v) is 9.47. The van der Waals surface area contributed by atoms with Gasteiger partial charge in [-0.25, -0.2) is 0 Å². The molecule has 0 saturated carbocycles. The molecule has 7 nitrogen and oxygen atoms in total. The molecule has 0 aliphatic carbocycles. The zero-order valence-electron chi connectivity index (χ0n) is 14.3. The maximum atomic E-state index is 12.6. The monoisotopic (exact) mass is 386 g/mol. The number of benzene rings is 1. The van der Waals surface area contributed by atoms with Gasteiger partial charge in [0.1, 0.15) is 4.90 Å². The lowest BCUT2D eigenvalue weighted by atomic mass is 10.1. The fourth-order valence-electron chi connectivity index (χ4n) is 3.18. The van der Waals surface area contributed by atoms with Crippen molar-refractivity contribution in [1.82, 2.24) is 15.1 Å². The lowest BCUT2D eigenvalue weighted by molar-refractivity contribution is -0.132. The number of rotatable bonds is 3. The summed E-state index contributed by atoms with van der Waals surface area (Å²) in [5.74, 6) is 0.322. The molecule has 1 saturated heterocycles. The smallest absolute Gasteiger partial charge is 0.285 e. The number of nitrogens with one attached hydrogen (secondary N) is 1. The number of sulfonamides is 1. The molecule has 0 radical (unpaired) electrons. The first-order chi connectivity index (χ1) is 11.4. The summed E-state index contributed by atoms with van der Waals surface area (Å²) < 4.78 is 28.1. The highest BCUT2D eigenvalue weighted by atomic mass is 35.5. The van der Waals surface area contributed by atoms with E-state index < -0.39 is 10.0 Å². The zero-order valence-corrected chi connectivity index (χ0v) is 15.9. The van der Waals surface area contributed by atoms with E-state index in [4.69, 9.17) is 0 Å². The Balaban J connectivity index is 0.00000225. The summed E-state index contributed by atoms with van der Waals surface area (Å²) in [7, 11) is -0.0569. The van der Waals surface area contributed by atoms with Crippen LogP contribution in [-0.4, -0.2) is 69.7 Å². The van der Waals surface area contributed by atoms with Gasteiger partial charge in [-0.05, 0) is 32.0 Å². The van der Waals surface area contributed by atoms with Crippen molar-refractivity contribution in [1.29, 1.82) is 0 Å². The van der Waals surface area contributed by atoms with Crippen molar-refractivity contribution in [2.45, 2.75) is 23.8 Å². The SMILES string of the molecule is CNC1CCCN(C(=O)CN(C)C2=NS(=O)(=O)c3ccccc32)C1.Cl. The highest BCUT2D eigenvalue weighted by molar-refractivity contribution is 7.90. The number of hydrogen-bond donors (Lipinski definition) is 1. The van der Waals surface area contributed by atoms with Crippen molar-refractivity contribution < 1.29 is 13.2 Å². The number of fused-ring (bicyclic) bond motifs is 1. The van der Waals surface area contributed by atoms with E-state index in [1.54, 1.807) is 36.2 Å². The number of amidine groups is 1. The summed E-state index contributed by atoms with van der Waals surface area (Å²) in [6, 6.07) is 7.02. The molecule has 0 bridgehead atoms. The normalized spacial score (nSPS) is 21.1. The van der Waals surface area contributed by atoms with Gasteiger partial charge in [0, 0.05) is 31.7 Å². The van der Waals surface area contributed by atoms with E-state index in [2.05, 4.69) is 9.71 Å². The molecular weight excluding hydrogens is 364 g/mol. The Morgan fingerprint density at radius 3 is 2.84 bits per heavy atom. The number of carbonyl (C=O) groups is 1. The third-order valence-corrected chi connectivity index (χ3v) is 5.85. The van der Waals surface area contributed by atoms with Crippen LogP contribution < -0.4 is 5.32 Å². The van der Waals surface area contributed by atoms with Crippen LogP contribution in [0.15, 0.2) is 33.6 Å². The summed E-state index contributed by atoms with van der Waals surface area (Å²) >= 11 is 0. The number of hydrogen-bond acceptors (Lipinski definition) is 5. The molecule has 1 amide bonds. The van der Waals surface area contributed by atoms with E-state index >= 15 is 0 Å². The van der Waals surface area contributed by atoms with Gasteiger partial charge in [-0.1, -0.05) is 12.1 Å². The summed E-state index contributed by atoms with van der Waals surface area (Å²) in [5, 5.41) is 3.21. The van der Waals surface area contributed by atoms with Crippen LogP contribution in [0.4, 0.5) is 0 Å². The molecule has 0 spiro atoms. The van der Waals surface area contributed by atoms with E-state index in [0.717, 1.165) is 19.4 Å². The number of nitrogens with zero attached hydrogens (tertiary/aromatic N) is 3. The minimum Gasteiger partial charge on any atom is -0.349 e. The third-order valence-electron chi connectivity index (χ3n) is 4.53. The fraction of sp³-hybridized carbons (Fsp3) is 0.500. The summed E-state index contributed by atoms with van der Waals surface area (Å²) in [6.07, 6.45) is 2.04. The molecule has 2 aliphatic heterocycles. The lowest BCUT2D eigenvalue weighted by Crippen LogP contribution is -2.50. The predicted molar refractivity (Wildman–Crippen MR) is 98.7 cm³/mol. The Kier molecular flexibility index (Phi) is 6.08. The van der Waals surface area contributed by atoms with E-state index in [-0.39, 0.29) is 29.8 Å². The molecule has 1 N–H and O–H groups in total. The number of amides is 1. The van der Waals surface area contributed by atoms with Crippen LogP contribution in [0, 0.1) is 0 Å². The van der Waals surface area contributed by atoms with Crippen molar-refractivity contribution in [2.24, 2.45) is 4.40 Å². The molecule has 0 aromatic heterocycles. The maximum absolute atomic E-state index is 12.6. The van der Waals surface area contributed by atoms with Crippen LogP contribution >= 0.6 is 12.4 Å². The molecule has 1 aromatic carbocycles. The Bertz CT molecular complexity index is 781. The Morgan fingerprint density at radius 2 is 2.12 bits per heavy atom. The van der Waals surface area contributed by atoms with E-state index in [9.17, 15) is 13.2 Å². The first kappa shape index (κ1) is 19.7. The van der Waals surface area contributed by atoms with Gasteiger partial charge in [-0.15, -0.1) is 16.8 Å². The molecule has 2 heterocycles. The molecular formula is C16H23ClN4O3S. The van der Waals surface area contributed by atoms with Crippen LogP contribution in [0.25, 0.3) is 0 Å². The number of likely N-dealkylation sites (tertiary alicyclic amines) is 1. The molecule has 1 atom stereocenters. The quantitative estimate of drug-likeness (QED) is 0.826. The standard InChI is InChI=1S/C16H22N4O3S.ClH/c1-17-12-6-5-9-20(10-12)15(21)11-19(2)16-13-7-3-4-8-14(13)24(22,23)18-16;/h3-4,7-8,12,17H,5-6,9-11H2,1-2H3;1H. The summed E-state index contributed by atoms with van der Waals surface area (Å²) in [5.41, 5.74) is 0.555. The summed E-state index contributed by atoms with van der Waals surface area (Å²) in [6.45, 7) is 1.54. The topological polar surface area (TPSA) is 82.1 Å². The molecule has 1 unspecified atom stereocenters. The highest BCUT2D eigenvalue weighted by Gasteiger charge is 2.32. The van der Waals surface area contributed by atoms with Crippen molar-refractivity contribution in [3.8, 4) is 0 Å². The molecule has 138 valence electrons. The average Bonchev–Trinajstić information content (AvgIpc) is 2.87. The number of halogens is 1. The molecule has 3 rings (SSSR count). The van der Waals surface area contributed by atoms with E-state index in [1.807, 2.05) is 11.9 Å². The number of likely N-dealkylation sites (N-methyl/N-ethyl adjacent to an activating group) is 2. The average molecular weight is 387 g/mol. The predicted octanol–water partition coefficient (Wildman–Crippen LogP) is 0.700.